The van der Waals surface area contributed by atoms with Crippen molar-refractivity contribution in [3.63, 3.8) is 0 Å². The molecule has 1 aromatic carbocycles. The maximum absolute atomic E-state index is 12.5. The number of piperazine rings is 1. The minimum Gasteiger partial charge on any atom is -0.477 e. The summed E-state index contributed by atoms with van der Waals surface area (Å²) in [4.78, 5) is 31.6. The van der Waals surface area contributed by atoms with Gasteiger partial charge in [-0.2, -0.15) is 0 Å². The zero-order valence-electron chi connectivity index (χ0n) is 14.2. The van der Waals surface area contributed by atoms with Gasteiger partial charge in [0.1, 0.15) is 5.82 Å². The molecule has 25 heavy (non-hydrogen) atoms. The Bertz CT molecular complexity index is 783. The van der Waals surface area contributed by atoms with Crippen LogP contribution in [0, 0.1) is 6.92 Å². The minimum atomic E-state index is -1.03. The number of benzene rings is 1. The Morgan fingerprint density at radius 3 is 2.44 bits per heavy atom. The van der Waals surface area contributed by atoms with E-state index in [2.05, 4.69) is 4.98 Å². The SMILES string of the molecule is Cc1ccccc1CC(=O)N1CCN(c2cccc(C(=O)O)n2)CC1. The number of carbonyl (C=O) groups excluding carboxylic acids is 1. The fraction of sp³-hybridized carbons (Fsp3) is 0.316. The number of hydrogen-bond donors (Lipinski definition) is 1. The van der Waals surface area contributed by atoms with Gasteiger partial charge in [-0.3, -0.25) is 4.79 Å². The van der Waals surface area contributed by atoms with Crippen LogP contribution in [0.5, 0.6) is 0 Å². The summed E-state index contributed by atoms with van der Waals surface area (Å²) in [6, 6.07) is 12.9. The van der Waals surface area contributed by atoms with Gasteiger partial charge in [0.05, 0.1) is 6.42 Å². The lowest BCUT2D eigenvalue weighted by molar-refractivity contribution is -0.130. The first-order valence-electron chi connectivity index (χ1n) is 8.32. The Labute approximate surface area is 146 Å². The van der Waals surface area contributed by atoms with Gasteiger partial charge in [-0.1, -0.05) is 30.3 Å². The first kappa shape index (κ1) is 17.0. The highest BCUT2D eigenvalue weighted by Gasteiger charge is 2.22. The fourth-order valence-corrected chi connectivity index (χ4v) is 2.99. The van der Waals surface area contributed by atoms with E-state index in [4.69, 9.17) is 5.11 Å². The monoisotopic (exact) mass is 339 g/mol. The maximum Gasteiger partial charge on any atom is 0.354 e. The highest BCUT2D eigenvalue weighted by atomic mass is 16.4. The third kappa shape index (κ3) is 3.96. The van der Waals surface area contributed by atoms with E-state index in [1.165, 1.54) is 6.07 Å². The summed E-state index contributed by atoms with van der Waals surface area (Å²) in [7, 11) is 0. The van der Waals surface area contributed by atoms with Crippen molar-refractivity contribution in [1.82, 2.24) is 9.88 Å². The number of carboxylic acid groups (broad SMARTS) is 1. The van der Waals surface area contributed by atoms with Gasteiger partial charge in [-0.05, 0) is 30.2 Å². The number of hydrogen-bond acceptors (Lipinski definition) is 4. The number of aromatic nitrogens is 1. The van der Waals surface area contributed by atoms with E-state index in [0.29, 0.717) is 38.4 Å². The molecule has 6 heteroatoms. The van der Waals surface area contributed by atoms with E-state index in [1.807, 2.05) is 41.0 Å². The number of pyridine rings is 1. The molecule has 2 aromatic rings. The van der Waals surface area contributed by atoms with Crippen molar-refractivity contribution >= 4 is 17.7 Å². The molecule has 1 aliphatic rings. The molecule has 6 nitrogen and oxygen atoms in total. The highest BCUT2D eigenvalue weighted by molar-refractivity contribution is 5.85. The van der Waals surface area contributed by atoms with Crippen LogP contribution in [0.2, 0.25) is 0 Å². The zero-order chi connectivity index (χ0) is 17.8. The predicted molar refractivity (Wildman–Crippen MR) is 94.9 cm³/mol. The van der Waals surface area contributed by atoms with Crippen molar-refractivity contribution in [2.24, 2.45) is 0 Å². The van der Waals surface area contributed by atoms with Gasteiger partial charge in [0.15, 0.2) is 5.69 Å². The van der Waals surface area contributed by atoms with E-state index >= 15 is 0 Å². The summed E-state index contributed by atoms with van der Waals surface area (Å²) in [6.07, 6.45) is 0.416. The maximum atomic E-state index is 12.5. The van der Waals surface area contributed by atoms with Crippen LogP contribution in [-0.2, 0) is 11.2 Å². The number of amides is 1. The van der Waals surface area contributed by atoms with Gasteiger partial charge in [-0.15, -0.1) is 0 Å². The molecule has 1 aromatic heterocycles. The quantitative estimate of drug-likeness (QED) is 0.922. The molecule has 0 atom stereocenters. The van der Waals surface area contributed by atoms with Crippen LogP contribution in [0.1, 0.15) is 21.6 Å². The van der Waals surface area contributed by atoms with Crippen LogP contribution >= 0.6 is 0 Å². The molecule has 0 aliphatic carbocycles. The van der Waals surface area contributed by atoms with Crippen molar-refractivity contribution in [2.75, 3.05) is 31.1 Å². The highest BCUT2D eigenvalue weighted by Crippen LogP contribution is 2.16. The van der Waals surface area contributed by atoms with Gasteiger partial charge in [0, 0.05) is 26.2 Å². The lowest BCUT2D eigenvalue weighted by Crippen LogP contribution is -2.49. The van der Waals surface area contributed by atoms with Crippen molar-refractivity contribution in [2.45, 2.75) is 13.3 Å². The lowest BCUT2D eigenvalue weighted by atomic mass is 10.1. The third-order valence-corrected chi connectivity index (χ3v) is 4.51. The van der Waals surface area contributed by atoms with Crippen LogP contribution < -0.4 is 4.90 Å². The minimum absolute atomic E-state index is 0.0376. The summed E-state index contributed by atoms with van der Waals surface area (Å²) < 4.78 is 0. The zero-order valence-corrected chi connectivity index (χ0v) is 14.2. The fourth-order valence-electron chi connectivity index (χ4n) is 2.99. The Hall–Kier alpha value is -2.89. The molecule has 0 saturated carbocycles. The molecular formula is C19H21N3O3. The Morgan fingerprint density at radius 2 is 1.76 bits per heavy atom. The molecule has 0 spiro atoms. The molecule has 0 bridgehead atoms. The summed E-state index contributed by atoms with van der Waals surface area (Å²) >= 11 is 0. The summed E-state index contributed by atoms with van der Waals surface area (Å²) in [6.45, 7) is 4.54. The van der Waals surface area contributed by atoms with E-state index < -0.39 is 5.97 Å². The van der Waals surface area contributed by atoms with Crippen molar-refractivity contribution in [3.05, 3.63) is 59.3 Å². The number of carbonyl (C=O) groups is 2. The van der Waals surface area contributed by atoms with Gasteiger partial charge in [-0.25, -0.2) is 9.78 Å². The van der Waals surface area contributed by atoms with Gasteiger partial charge in [0.2, 0.25) is 5.91 Å². The standard InChI is InChI=1S/C19H21N3O3/c1-14-5-2-3-6-15(14)13-18(23)22-11-9-21(10-12-22)17-8-4-7-16(20-17)19(24)25/h2-8H,9-13H2,1H3,(H,24,25). The molecular weight excluding hydrogens is 318 g/mol. The molecule has 3 rings (SSSR count). The molecule has 1 N–H and O–H groups in total. The Kier molecular flexibility index (Phi) is 4.97. The molecule has 130 valence electrons. The number of anilines is 1. The van der Waals surface area contributed by atoms with E-state index in [-0.39, 0.29) is 11.6 Å². The van der Waals surface area contributed by atoms with E-state index in [0.717, 1.165) is 11.1 Å². The summed E-state index contributed by atoms with van der Waals surface area (Å²) in [5, 5.41) is 9.05. The van der Waals surface area contributed by atoms with Gasteiger partial charge < -0.3 is 14.9 Å². The number of nitrogens with zero attached hydrogens (tertiary/aromatic N) is 3. The molecule has 0 radical (unpaired) electrons. The predicted octanol–water partition coefficient (Wildman–Crippen LogP) is 1.98. The van der Waals surface area contributed by atoms with E-state index in [1.54, 1.807) is 12.1 Å². The van der Waals surface area contributed by atoms with Crippen LogP contribution in [-0.4, -0.2) is 53.0 Å². The van der Waals surface area contributed by atoms with Crippen LogP contribution in [0.3, 0.4) is 0 Å². The second-order valence-corrected chi connectivity index (χ2v) is 6.16. The number of carboxylic acids is 1. The molecule has 1 amide bonds. The van der Waals surface area contributed by atoms with Gasteiger partial charge >= 0.3 is 5.97 Å². The lowest BCUT2D eigenvalue weighted by Gasteiger charge is -2.35. The molecule has 1 saturated heterocycles. The normalized spacial score (nSPS) is 14.4. The topological polar surface area (TPSA) is 73.7 Å². The largest absolute Gasteiger partial charge is 0.477 e. The summed E-state index contributed by atoms with van der Waals surface area (Å²) in [5.41, 5.74) is 2.23. The van der Waals surface area contributed by atoms with E-state index in [9.17, 15) is 9.59 Å². The second kappa shape index (κ2) is 7.34. The van der Waals surface area contributed by atoms with Crippen LogP contribution in [0.25, 0.3) is 0 Å². The Balaban J connectivity index is 1.60. The number of aromatic carboxylic acids is 1. The molecule has 1 aliphatic heterocycles. The molecule has 1 fully saturated rings. The van der Waals surface area contributed by atoms with Crippen molar-refractivity contribution in [1.29, 1.82) is 0 Å². The second-order valence-electron chi connectivity index (χ2n) is 6.16. The average Bonchev–Trinajstić information content (AvgIpc) is 2.64. The summed E-state index contributed by atoms with van der Waals surface area (Å²) in [5.74, 6) is -0.263. The number of aryl methyl sites for hydroxylation is 1. The van der Waals surface area contributed by atoms with Gasteiger partial charge in [0.25, 0.3) is 0 Å². The van der Waals surface area contributed by atoms with Crippen molar-refractivity contribution < 1.29 is 14.7 Å². The van der Waals surface area contributed by atoms with Crippen LogP contribution in [0.4, 0.5) is 5.82 Å². The molecule has 0 unspecified atom stereocenters. The van der Waals surface area contributed by atoms with Crippen molar-refractivity contribution in [3.8, 4) is 0 Å². The first-order valence-corrected chi connectivity index (χ1v) is 8.32. The van der Waals surface area contributed by atoms with Crippen LogP contribution in [0.15, 0.2) is 42.5 Å². The third-order valence-electron chi connectivity index (χ3n) is 4.51. The molecule has 2 heterocycles. The smallest absolute Gasteiger partial charge is 0.354 e. The number of rotatable bonds is 4. The Morgan fingerprint density at radius 1 is 1.04 bits per heavy atom. The average molecular weight is 339 g/mol. The first-order chi connectivity index (χ1) is 12.0.